The van der Waals surface area contributed by atoms with E-state index in [9.17, 15) is 9.18 Å². The number of hydrogen-bond acceptors (Lipinski definition) is 4. The van der Waals surface area contributed by atoms with Crippen LogP contribution in [0.2, 0.25) is 0 Å². The summed E-state index contributed by atoms with van der Waals surface area (Å²) in [6.07, 6.45) is 0. The largest absolute Gasteiger partial charge is 0.484 e. The van der Waals surface area contributed by atoms with Gasteiger partial charge in [0.15, 0.2) is 18.1 Å². The van der Waals surface area contributed by atoms with Crippen molar-refractivity contribution in [1.82, 2.24) is 0 Å². The Hall–Kier alpha value is -2.76. The number of hydrogen-bond donors (Lipinski definition) is 1. The molecule has 1 aliphatic rings. The average molecular weight is 289 g/mol. The first-order valence-corrected chi connectivity index (χ1v) is 6.28. The average Bonchev–Trinajstić information content (AvgIpc) is 2.95. The third-order valence-corrected chi connectivity index (χ3v) is 2.84. The monoisotopic (exact) mass is 289 g/mol. The fraction of sp³-hybridized carbons (Fsp3) is 0.133. The highest BCUT2D eigenvalue weighted by Crippen LogP contribution is 2.35. The Bertz CT molecular complexity index is 657. The van der Waals surface area contributed by atoms with Gasteiger partial charge in [-0.15, -0.1) is 0 Å². The molecule has 0 aliphatic carbocycles. The summed E-state index contributed by atoms with van der Waals surface area (Å²) < 4.78 is 28.5. The Kier molecular flexibility index (Phi) is 3.59. The van der Waals surface area contributed by atoms with E-state index in [1.807, 2.05) is 0 Å². The Morgan fingerprint density at radius 1 is 1.14 bits per heavy atom. The number of nitrogens with one attached hydrogen (secondary N) is 1. The van der Waals surface area contributed by atoms with Crippen LogP contribution in [0.25, 0.3) is 0 Å². The van der Waals surface area contributed by atoms with Crippen LogP contribution in [0.3, 0.4) is 0 Å². The molecule has 1 N–H and O–H groups in total. The second kappa shape index (κ2) is 5.70. The predicted octanol–water partition coefficient (Wildman–Crippen LogP) is 2.57. The van der Waals surface area contributed by atoms with E-state index in [-0.39, 0.29) is 25.1 Å². The van der Waals surface area contributed by atoms with Crippen LogP contribution < -0.4 is 19.5 Å². The van der Waals surface area contributed by atoms with Crippen LogP contribution in [0.4, 0.5) is 10.1 Å². The van der Waals surface area contributed by atoms with Crippen LogP contribution in [0, 0.1) is 5.82 Å². The van der Waals surface area contributed by atoms with Crippen LogP contribution in [0.5, 0.6) is 17.2 Å². The van der Waals surface area contributed by atoms with Crippen molar-refractivity contribution in [3.63, 3.8) is 0 Å². The lowest BCUT2D eigenvalue weighted by molar-refractivity contribution is -0.118. The van der Waals surface area contributed by atoms with Crippen LogP contribution in [-0.2, 0) is 4.79 Å². The third kappa shape index (κ3) is 3.22. The molecule has 108 valence electrons. The summed E-state index contributed by atoms with van der Waals surface area (Å²) in [6.45, 7) is 0.0286. The molecule has 1 heterocycles. The summed E-state index contributed by atoms with van der Waals surface area (Å²) in [5, 5.41) is 2.61. The predicted molar refractivity (Wildman–Crippen MR) is 73.1 cm³/mol. The van der Waals surface area contributed by atoms with Gasteiger partial charge in [-0.1, -0.05) is 0 Å². The highest BCUT2D eigenvalue weighted by molar-refractivity contribution is 5.91. The Labute approximate surface area is 120 Å². The number of fused-ring (bicyclic) bond motifs is 1. The minimum Gasteiger partial charge on any atom is -0.484 e. The van der Waals surface area contributed by atoms with Crippen molar-refractivity contribution in [3.8, 4) is 17.2 Å². The fourth-order valence-corrected chi connectivity index (χ4v) is 1.85. The molecule has 5 nitrogen and oxygen atoms in total. The zero-order valence-electron chi connectivity index (χ0n) is 11.0. The number of benzene rings is 2. The van der Waals surface area contributed by atoms with E-state index in [1.54, 1.807) is 18.2 Å². The van der Waals surface area contributed by atoms with Crippen molar-refractivity contribution in [2.75, 3.05) is 18.7 Å². The molecule has 3 rings (SSSR count). The smallest absolute Gasteiger partial charge is 0.262 e. The maximum absolute atomic E-state index is 12.7. The van der Waals surface area contributed by atoms with Crippen molar-refractivity contribution in [2.24, 2.45) is 0 Å². The molecule has 0 radical (unpaired) electrons. The maximum Gasteiger partial charge on any atom is 0.262 e. The molecule has 1 aliphatic heterocycles. The molecular weight excluding hydrogens is 277 g/mol. The van der Waals surface area contributed by atoms with Gasteiger partial charge in [-0.25, -0.2) is 4.39 Å². The van der Waals surface area contributed by atoms with E-state index >= 15 is 0 Å². The third-order valence-electron chi connectivity index (χ3n) is 2.84. The number of ether oxygens (including phenoxy) is 3. The number of carbonyl (C=O) groups is 1. The molecule has 6 heteroatoms. The van der Waals surface area contributed by atoms with Crippen molar-refractivity contribution in [1.29, 1.82) is 0 Å². The summed E-state index contributed by atoms with van der Waals surface area (Å²) in [6, 6.07) is 10.6. The highest BCUT2D eigenvalue weighted by Gasteiger charge is 2.14. The first kappa shape index (κ1) is 13.2. The number of carbonyl (C=O) groups excluding carboxylic acids is 1. The van der Waals surface area contributed by atoms with Crippen molar-refractivity contribution in [2.45, 2.75) is 0 Å². The Morgan fingerprint density at radius 3 is 2.71 bits per heavy atom. The summed E-state index contributed by atoms with van der Waals surface area (Å²) in [5.41, 5.74) is 0.510. The number of rotatable bonds is 4. The second-order valence-electron chi connectivity index (χ2n) is 4.36. The van der Waals surface area contributed by atoms with Gasteiger partial charge in [0.2, 0.25) is 6.79 Å². The molecule has 0 fully saturated rings. The molecule has 1 amide bonds. The van der Waals surface area contributed by atoms with Crippen molar-refractivity contribution in [3.05, 3.63) is 48.3 Å². The van der Waals surface area contributed by atoms with Crippen LogP contribution >= 0.6 is 0 Å². The maximum atomic E-state index is 12.7. The van der Waals surface area contributed by atoms with E-state index < -0.39 is 0 Å². The van der Waals surface area contributed by atoms with E-state index in [1.165, 1.54) is 24.3 Å². The SMILES string of the molecule is O=C(COc1ccc2c(c1)OCO2)Nc1ccc(F)cc1. The molecule has 0 unspecified atom stereocenters. The number of halogens is 1. The minimum absolute atomic E-state index is 0.156. The van der Waals surface area contributed by atoms with E-state index in [2.05, 4.69) is 5.32 Å². The van der Waals surface area contributed by atoms with Crippen molar-refractivity contribution >= 4 is 11.6 Å². The van der Waals surface area contributed by atoms with Gasteiger partial charge in [-0.3, -0.25) is 4.79 Å². The zero-order valence-corrected chi connectivity index (χ0v) is 11.0. The Balaban J connectivity index is 1.55. The van der Waals surface area contributed by atoms with Gasteiger partial charge in [-0.05, 0) is 36.4 Å². The normalized spacial score (nSPS) is 12.0. The summed E-state index contributed by atoms with van der Waals surface area (Å²) in [7, 11) is 0. The second-order valence-corrected chi connectivity index (χ2v) is 4.36. The molecular formula is C15H12FNO4. The summed E-state index contributed by atoms with van der Waals surface area (Å²) >= 11 is 0. The minimum atomic E-state index is -0.357. The zero-order chi connectivity index (χ0) is 14.7. The molecule has 0 aromatic heterocycles. The number of anilines is 1. The van der Waals surface area contributed by atoms with Gasteiger partial charge in [0.05, 0.1) is 0 Å². The lowest BCUT2D eigenvalue weighted by Gasteiger charge is -2.08. The quantitative estimate of drug-likeness (QED) is 0.940. The van der Waals surface area contributed by atoms with E-state index in [0.29, 0.717) is 22.9 Å². The molecule has 0 bridgehead atoms. The first-order valence-electron chi connectivity index (χ1n) is 6.28. The van der Waals surface area contributed by atoms with E-state index in [0.717, 1.165) is 0 Å². The lowest BCUT2D eigenvalue weighted by Crippen LogP contribution is -2.20. The van der Waals surface area contributed by atoms with Gasteiger partial charge in [0, 0.05) is 11.8 Å². The van der Waals surface area contributed by atoms with Gasteiger partial charge in [0.25, 0.3) is 5.91 Å². The van der Waals surface area contributed by atoms with Gasteiger partial charge >= 0.3 is 0 Å². The van der Waals surface area contributed by atoms with E-state index in [4.69, 9.17) is 14.2 Å². The van der Waals surface area contributed by atoms with Gasteiger partial charge < -0.3 is 19.5 Å². The lowest BCUT2D eigenvalue weighted by atomic mass is 10.3. The molecule has 0 saturated carbocycles. The molecule has 2 aromatic carbocycles. The highest BCUT2D eigenvalue weighted by atomic mass is 19.1. The van der Waals surface area contributed by atoms with Gasteiger partial charge in [-0.2, -0.15) is 0 Å². The molecule has 0 atom stereocenters. The first-order chi connectivity index (χ1) is 10.2. The van der Waals surface area contributed by atoms with Crippen LogP contribution in [0.15, 0.2) is 42.5 Å². The molecule has 0 saturated heterocycles. The fourth-order valence-electron chi connectivity index (χ4n) is 1.85. The van der Waals surface area contributed by atoms with Gasteiger partial charge in [0.1, 0.15) is 11.6 Å². The number of amides is 1. The molecule has 21 heavy (non-hydrogen) atoms. The summed E-state index contributed by atoms with van der Waals surface area (Å²) in [5.74, 6) is 1.06. The van der Waals surface area contributed by atoms with Crippen LogP contribution in [-0.4, -0.2) is 19.3 Å². The molecule has 0 spiro atoms. The summed E-state index contributed by atoms with van der Waals surface area (Å²) in [4.78, 5) is 11.7. The standard InChI is InChI=1S/C15H12FNO4/c16-10-1-3-11(4-2-10)17-15(18)8-19-12-5-6-13-14(7-12)21-9-20-13/h1-7H,8-9H2,(H,17,18). The van der Waals surface area contributed by atoms with Crippen molar-refractivity contribution < 1.29 is 23.4 Å². The van der Waals surface area contributed by atoms with Crippen LogP contribution in [0.1, 0.15) is 0 Å². The molecule has 2 aromatic rings. The topological polar surface area (TPSA) is 56.8 Å². The Morgan fingerprint density at radius 2 is 1.90 bits per heavy atom.